The highest BCUT2D eigenvalue weighted by molar-refractivity contribution is 8.76. The molecule has 9 unspecified atom stereocenters. The highest BCUT2D eigenvalue weighted by atomic mass is 33.1. The minimum Gasteiger partial charge on any atom is -0.449 e. The van der Waals surface area contributed by atoms with Crippen molar-refractivity contribution in [2.45, 2.75) is 130 Å². The maximum atomic E-state index is 12.6. The van der Waals surface area contributed by atoms with Crippen LogP contribution in [0.4, 0.5) is 9.59 Å². The van der Waals surface area contributed by atoms with Gasteiger partial charge in [0.2, 0.25) is 5.91 Å². The summed E-state index contributed by atoms with van der Waals surface area (Å²) in [5, 5.41) is 5.27. The van der Waals surface area contributed by atoms with Gasteiger partial charge in [-0.15, -0.1) is 0 Å². The smallest absolute Gasteiger partial charge is 0.449 e. The van der Waals surface area contributed by atoms with Gasteiger partial charge >= 0.3 is 12.2 Å². The van der Waals surface area contributed by atoms with E-state index in [1.54, 1.807) is 10.8 Å². The van der Waals surface area contributed by atoms with E-state index >= 15 is 0 Å². The summed E-state index contributed by atoms with van der Waals surface area (Å²) in [6.45, 7) is 13.8. The molecule has 314 valence electrons. The summed E-state index contributed by atoms with van der Waals surface area (Å²) in [5.74, 6) is 5.78. The lowest BCUT2D eigenvalue weighted by Crippen LogP contribution is -2.51. The number of hydrogen-bond acceptors (Lipinski definition) is 10. The van der Waals surface area contributed by atoms with Gasteiger partial charge in [-0.25, -0.2) is 9.59 Å². The fourth-order valence-electron chi connectivity index (χ4n) is 10.6. The number of amides is 2. The molecule has 0 spiro atoms. The molecule has 0 bridgehead atoms. The molecule has 0 aromatic rings. The molecular weight excluding hydrogens is 737 g/mol. The molecule has 0 heterocycles. The van der Waals surface area contributed by atoms with Gasteiger partial charge in [-0.3, -0.25) is 9.79 Å². The van der Waals surface area contributed by atoms with Gasteiger partial charge in [0.1, 0.15) is 19.3 Å². The van der Waals surface area contributed by atoms with E-state index in [-0.39, 0.29) is 49.7 Å². The highest BCUT2D eigenvalue weighted by Gasteiger charge is 2.59. The van der Waals surface area contributed by atoms with Crippen LogP contribution in [0.3, 0.4) is 0 Å². The molecule has 12 nitrogen and oxygen atoms in total. The number of rotatable bonds is 21. The zero-order valence-electron chi connectivity index (χ0n) is 34.3. The number of nitrogens with two attached hydrogens (primary N) is 3. The molecule has 4 rings (SSSR count). The summed E-state index contributed by atoms with van der Waals surface area (Å²) in [7, 11) is 3.09. The number of allylic oxidation sites excluding steroid dienone is 1. The molecule has 0 aromatic carbocycles. The van der Waals surface area contributed by atoms with E-state index in [1.807, 2.05) is 0 Å². The Bertz CT molecular complexity index is 1320. The van der Waals surface area contributed by atoms with Crippen molar-refractivity contribution in [1.82, 2.24) is 10.6 Å². The third kappa shape index (κ3) is 13.1. The Labute approximate surface area is 338 Å². The van der Waals surface area contributed by atoms with Crippen molar-refractivity contribution in [1.29, 1.82) is 0 Å². The number of nitrogens with one attached hydrogen (secondary N) is 2. The first-order valence-corrected chi connectivity index (χ1v) is 23.5. The molecule has 2 amide bonds. The Morgan fingerprint density at radius 2 is 1.64 bits per heavy atom. The number of nitrogens with zero attached hydrogens (tertiary/aromatic N) is 1. The maximum absolute atomic E-state index is 12.6. The van der Waals surface area contributed by atoms with Gasteiger partial charge < -0.3 is 42.0 Å². The lowest BCUT2D eigenvalue weighted by atomic mass is 9.47. The van der Waals surface area contributed by atoms with Crippen LogP contribution < -0.4 is 27.8 Å². The van der Waals surface area contributed by atoms with Crippen molar-refractivity contribution < 1.29 is 28.6 Å². The summed E-state index contributed by atoms with van der Waals surface area (Å²) in [5.41, 5.74) is 18.6. The first-order chi connectivity index (χ1) is 26.2. The molecule has 3 saturated carbocycles. The molecule has 0 radical (unpaired) electrons. The minimum atomic E-state index is -0.671. The number of guanidine groups is 1. The van der Waals surface area contributed by atoms with Gasteiger partial charge in [-0.1, -0.05) is 87.1 Å². The van der Waals surface area contributed by atoms with Crippen molar-refractivity contribution in [2.24, 2.45) is 68.5 Å². The number of fused-ring (bicyclic) bond motifs is 5. The van der Waals surface area contributed by atoms with Crippen LogP contribution in [0.25, 0.3) is 0 Å². The first-order valence-electron chi connectivity index (χ1n) is 21.0. The molecule has 55 heavy (non-hydrogen) atoms. The number of carbonyl (C=O) groups is 3. The molecule has 8 N–H and O–H groups in total. The third-order valence-electron chi connectivity index (χ3n) is 13.4. The van der Waals surface area contributed by atoms with Crippen LogP contribution >= 0.6 is 21.6 Å². The average molecular weight is 809 g/mol. The normalized spacial score (nSPS) is 29.4. The van der Waals surface area contributed by atoms with E-state index < -0.39 is 18.3 Å². The summed E-state index contributed by atoms with van der Waals surface area (Å²) in [4.78, 5) is 40.4. The van der Waals surface area contributed by atoms with Crippen LogP contribution in [0.1, 0.15) is 118 Å². The maximum Gasteiger partial charge on any atom is 0.508 e. The SMILES string of the molecule is CC(C)CCCC(C)C1CCC2C3CC=C4CC(OC(=O)OCCSSCCOC(=O)NCCNC(=O)C(N)CCCN=C(N)N)CCC4(C)C3CCC12C. The Morgan fingerprint density at radius 3 is 2.36 bits per heavy atom. The molecule has 14 heteroatoms. The summed E-state index contributed by atoms with van der Waals surface area (Å²) in [6, 6.07) is -0.671. The van der Waals surface area contributed by atoms with Crippen LogP contribution in [0.15, 0.2) is 16.6 Å². The molecule has 0 aliphatic heterocycles. The molecule has 9 atom stereocenters. The number of carbonyl (C=O) groups excluding carboxylic acids is 3. The second-order valence-corrected chi connectivity index (χ2v) is 20.1. The quantitative estimate of drug-likeness (QED) is 0.0197. The molecule has 0 aromatic heterocycles. The van der Waals surface area contributed by atoms with E-state index in [4.69, 9.17) is 31.4 Å². The Balaban J connectivity index is 1.05. The topological polar surface area (TPSA) is 193 Å². The first kappa shape index (κ1) is 45.4. The second kappa shape index (κ2) is 22.0. The van der Waals surface area contributed by atoms with Gasteiger partial charge in [-0.05, 0) is 104 Å². The van der Waals surface area contributed by atoms with E-state index in [0.717, 1.165) is 54.8 Å². The van der Waals surface area contributed by atoms with E-state index in [9.17, 15) is 14.4 Å². The van der Waals surface area contributed by atoms with Gasteiger partial charge in [0.05, 0.1) is 6.04 Å². The molecular formula is C41H72N6O6S2. The van der Waals surface area contributed by atoms with Crippen LogP contribution in [0, 0.1) is 46.3 Å². The lowest BCUT2D eigenvalue weighted by Gasteiger charge is -2.58. The number of ether oxygens (including phenoxy) is 3. The van der Waals surface area contributed by atoms with Crippen molar-refractivity contribution in [3.63, 3.8) is 0 Å². The highest BCUT2D eigenvalue weighted by Crippen LogP contribution is 2.67. The van der Waals surface area contributed by atoms with Crippen LogP contribution in [0.2, 0.25) is 0 Å². The van der Waals surface area contributed by atoms with Gasteiger partial charge in [0, 0.05) is 37.6 Å². The summed E-state index contributed by atoms with van der Waals surface area (Å²) >= 11 is 0. The standard InChI is InChI=1S/C41H72N6O6S2/c1-27(2)8-6-9-28(3)32-13-14-33-31-12-11-29-26-30(15-17-40(29,4)34(31)16-18-41(32,33)5)53-39(50)52-23-25-55-54-24-22-51-38(49)47-21-20-45-36(48)35(42)10-7-19-46-37(43)44/h11,27-28,30-35H,6-10,12-26,42H2,1-5H3,(H,45,48)(H,47,49)(H4,43,44,46). The summed E-state index contributed by atoms with van der Waals surface area (Å²) < 4.78 is 16.4. The van der Waals surface area contributed by atoms with Crippen molar-refractivity contribution >= 4 is 45.7 Å². The molecule has 4 aliphatic rings. The minimum absolute atomic E-state index is 0.00804. The Kier molecular flexibility index (Phi) is 18.2. The van der Waals surface area contributed by atoms with Crippen molar-refractivity contribution in [2.75, 3.05) is 44.4 Å². The Hall–Kier alpha value is -2.32. The van der Waals surface area contributed by atoms with Gasteiger partial charge in [0.25, 0.3) is 0 Å². The second-order valence-electron chi connectivity index (χ2n) is 17.4. The molecule has 4 aliphatic carbocycles. The fourth-order valence-corrected chi connectivity index (χ4v) is 12.2. The number of hydrogen-bond donors (Lipinski definition) is 5. The van der Waals surface area contributed by atoms with Crippen molar-refractivity contribution in [3.05, 3.63) is 11.6 Å². The van der Waals surface area contributed by atoms with Crippen LogP contribution in [-0.2, 0) is 19.0 Å². The fraction of sp³-hybridized carbons (Fsp3) is 0.854. The van der Waals surface area contributed by atoms with Gasteiger partial charge in [-0.2, -0.15) is 0 Å². The van der Waals surface area contributed by atoms with E-state index in [2.05, 4.69) is 56.3 Å². The van der Waals surface area contributed by atoms with Gasteiger partial charge in [0.15, 0.2) is 5.96 Å². The van der Waals surface area contributed by atoms with Crippen LogP contribution in [0.5, 0.6) is 0 Å². The van der Waals surface area contributed by atoms with E-state index in [1.165, 1.54) is 67.7 Å². The number of alkyl carbamates (subject to hydrolysis) is 1. The average Bonchev–Trinajstić information content (AvgIpc) is 3.50. The number of aliphatic imine (C=N–C) groups is 1. The largest absolute Gasteiger partial charge is 0.508 e. The van der Waals surface area contributed by atoms with E-state index in [0.29, 0.717) is 36.3 Å². The lowest BCUT2D eigenvalue weighted by molar-refractivity contribution is -0.122. The predicted octanol–water partition coefficient (Wildman–Crippen LogP) is 7.15. The monoisotopic (exact) mass is 808 g/mol. The van der Waals surface area contributed by atoms with Crippen molar-refractivity contribution in [3.8, 4) is 0 Å². The zero-order valence-corrected chi connectivity index (χ0v) is 35.9. The zero-order chi connectivity index (χ0) is 40.0. The summed E-state index contributed by atoms with van der Waals surface area (Å²) in [6.07, 6.45) is 16.0. The predicted molar refractivity (Wildman–Crippen MR) is 224 cm³/mol. The van der Waals surface area contributed by atoms with Crippen LogP contribution in [-0.4, -0.2) is 80.6 Å². The molecule has 3 fully saturated rings. The Morgan fingerprint density at radius 1 is 0.909 bits per heavy atom. The third-order valence-corrected chi connectivity index (χ3v) is 15.7. The molecule has 0 saturated heterocycles.